The van der Waals surface area contributed by atoms with Crippen LogP contribution in [0.2, 0.25) is 0 Å². The molecular formula is C30H32F3N3O4S. The lowest BCUT2D eigenvalue weighted by molar-refractivity contribution is -0.137. The zero-order chi connectivity index (χ0) is 29.5. The number of alkyl halides is 3. The molecule has 0 bridgehead atoms. The summed E-state index contributed by atoms with van der Waals surface area (Å²) in [7, 11) is -2.97. The smallest absolute Gasteiger partial charge is 0.385 e. The van der Waals surface area contributed by atoms with Crippen molar-refractivity contribution in [3.8, 4) is 0 Å². The van der Waals surface area contributed by atoms with Gasteiger partial charge in [-0.25, -0.2) is 8.42 Å². The van der Waals surface area contributed by atoms with Gasteiger partial charge in [0.1, 0.15) is 0 Å². The number of hydrogen-bond donors (Lipinski definition) is 1. The number of rotatable bonds is 13. The maximum Gasteiger partial charge on any atom is 0.416 e. The minimum absolute atomic E-state index is 0.0974. The summed E-state index contributed by atoms with van der Waals surface area (Å²) in [5.41, 5.74) is 1.78. The average molecular weight is 588 g/mol. The third-order valence-electron chi connectivity index (χ3n) is 6.76. The van der Waals surface area contributed by atoms with E-state index in [1.165, 1.54) is 7.11 Å². The molecule has 11 heteroatoms. The predicted octanol–water partition coefficient (Wildman–Crippen LogP) is 5.49. The van der Waals surface area contributed by atoms with Crippen molar-refractivity contribution in [3.05, 3.63) is 102 Å². The van der Waals surface area contributed by atoms with Gasteiger partial charge in [-0.2, -0.15) is 17.5 Å². The van der Waals surface area contributed by atoms with E-state index in [0.717, 1.165) is 44.5 Å². The highest BCUT2D eigenvalue weighted by Crippen LogP contribution is 2.31. The van der Waals surface area contributed by atoms with E-state index in [9.17, 15) is 26.4 Å². The van der Waals surface area contributed by atoms with Crippen LogP contribution in [0.3, 0.4) is 0 Å². The van der Waals surface area contributed by atoms with Gasteiger partial charge >= 0.3 is 6.18 Å². The molecule has 0 aliphatic carbocycles. The van der Waals surface area contributed by atoms with Crippen molar-refractivity contribution in [3.63, 3.8) is 0 Å². The van der Waals surface area contributed by atoms with E-state index in [1.54, 1.807) is 4.90 Å². The quantitative estimate of drug-likeness (QED) is 0.210. The van der Waals surface area contributed by atoms with Crippen LogP contribution in [0.5, 0.6) is 0 Å². The minimum Gasteiger partial charge on any atom is -0.385 e. The zero-order valence-electron chi connectivity index (χ0n) is 22.6. The number of carbonyl (C=O) groups excluding carboxylic acids is 1. The first-order valence-electron chi connectivity index (χ1n) is 13.1. The lowest BCUT2D eigenvalue weighted by atomic mass is 10.1. The summed E-state index contributed by atoms with van der Waals surface area (Å²) in [5.74, 6) is -0.457. The lowest BCUT2D eigenvalue weighted by Gasteiger charge is -2.28. The molecule has 0 spiro atoms. The van der Waals surface area contributed by atoms with Gasteiger partial charge in [-0.1, -0.05) is 54.6 Å². The van der Waals surface area contributed by atoms with Crippen LogP contribution in [0, 0.1) is 0 Å². The number of methoxy groups -OCH3 is 1. The summed E-state index contributed by atoms with van der Waals surface area (Å²) in [6, 6.07) is 20.7. The highest BCUT2D eigenvalue weighted by atomic mass is 32.2. The molecule has 4 rings (SSSR count). The van der Waals surface area contributed by atoms with Crippen molar-refractivity contribution in [2.75, 3.05) is 33.4 Å². The van der Waals surface area contributed by atoms with Gasteiger partial charge < -0.3 is 14.6 Å². The van der Waals surface area contributed by atoms with Crippen molar-refractivity contribution in [2.45, 2.75) is 30.5 Å². The summed E-state index contributed by atoms with van der Waals surface area (Å²) in [6.45, 7) is 0.155. The lowest BCUT2D eigenvalue weighted by Crippen LogP contribution is -2.44. The Morgan fingerprint density at radius 1 is 0.951 bits per heavy atom. The Bertz CT molecular complexity index is 1560. The summed E-state index contributed by atoms with van der Waals surface area (Å²) < 4.78 is 73.1. The van der Waals surface area contributed by atoms with Gasteiger partial charge in [0, 0.05) is 50.5 Å². The van der Waals surface area contributed by atoms with E-state index in [0.29, 0.717) is 19.0 Å². The molecule has 1 amide bonds. The number of para-hydroxylation sites is 1. The number of ether oxygens (including phenoxy) is 1. The van der Waals surface area contributed by atoms with Gasteiger partial charge in [0.15, 0.2) is 0 Å². The van der Waals surface area contributed by atoms with Crippen LogP contribution in [-0.2, 0) is 38.7 Å². The second-order valence-electron chi connectivity index (χ2n) is 9.62. The molecule has 0 atom stereocenters. The van der Waals surface area contributed by atoms with Gasteiger partial charge in [0.2, 0.25) is 15.9 Å². The van der Waals surface area contributed by atoms with Crippen molar-refractivity contribution in [1.29, 1.82) is 0 Å². The largest absolute Gasteiger partial charge is 0.416 e. The van der Waals surface area contributed by atoms with Crippen molar-refractivity contribution < 1.29 is 31.1 Å². The Kier molecular flexibility index (Phi) is 9.85. The van der Waals surface area contributed by atoms with Gasteiger partial charge in [0.05, 0.1) is 17.0 Å². The van der Waals surface area contributed by atoms with Crippen LogP contribution in [-0.4, -0.2) is 61.9 Å². The Labute approximate surface area is 237 Å². The van der Waals surface area contributed by atoms with Gasteiger partial charge in [-0.3, -0.25) is 4.79 Å². The Balaban J connectivity index is 1.60. The van der Waals surface area contributed by atoms with E-state index in [-0.39, 0.29) is 26.1 Å². The second-order valence-corrected chi connectivity index (χ2v) is 11.6. The average Bonchev–Trinajstić information content (AvgIpc) is 3.38. The normalized spacial score (nSPS) is 12.2. The monoisotopic (exact) mass is 587 g/mol. The number of H-pyrrole nitrogens is 1. The number of nitrogens with one attached hydrogen (secondary N) is 1. The van der Waals surface area contributed by atoms with E-state index >= 15 is 0 Å². The number of hydrogen-bond acceptors (Lipinski definition) is 4. The van der Waals surface area contributed by atoms with Crippen LogP contribution in [0.15, 0.2) is 90.0 Å². The van der Waals surface area contributed by atoms with Crippen LogP contribution >= 0.6 is 0 Å². The molecule has 1 heterocycles. The molecule has 1 N–H and O–H groups in total. The topological polar surface area (TPSA) is 82.7 Å². The third-order valence-corrected chi connectivity index (χ3v) is 8.60. The van der Waals surface area contributed by atoms with Crippen molar-refractivity contribution in [2.24, 2.45) is 0 Å². The molecule has 0 aliphatic rings. The molecule has 41 heavy (non-hydrogen) atoms. The first-order chi connectivity index (χ1) is 19.6. The number of carbonyl (C=O) groups is 1. The first-order valence-corrected chi connectivity index (χ1v) is 14.6. The molecule has 0 aliphatic heterocycles. The number of nitrogens with zero attached hydrogens (tertiary/aromatic N) is 2. The van der Waals surface area contributed by atoms with Crippen LogP contribution < -0.4 is 0 Å². The molecule has 0 saturated carbocycles. The van der Waals surface area contributed by atoms with E-state index in [2.05, 4.69) is 4.98 Å². The number of halogens is 3. The number of amides is 1. The van der Waals surface area contributed by atoms with Crippen LogP contribution in [0.25, 0.3) is 10.9 Å². The Morgan fingerprint density at radius 2 is 1.68 bits per heavy atom. The second kappa shape index (κ2) is 13.3. The summed E-state index contributed by atoms with van der Waals surface area (Å²) in [4.78, 5) is 18.0. The molecule has 3 aromatic carbocycles. The fourth-order valence-corrected chi connectivity index (χ4v) is 6.07. The molecule has 0 unspecified atom stereocenters. The molecule has 1 aromatic heterocycles. The van der Waals surface area contributed by atoms with E-state index < -0.39 is 39.1 Å². The minimum atomic E-state index is -4.71. The standard InChI is InChI=1S/C30H32F3N3O4S/c1-40-18-8-16-36(41(38,39)26-12-7-11-25(19-26)30(31,32)33)22-29(37)35(21-23-9-3-2-4-10-23)17-15-24-20-34-28-14-6-5-13-27(24)28/h2-7,9-14,19-20,34H,8,15-18,21-22H2,1H3. The zero-order valence-corrected chi connectivity index (χ0v) is 23.4. The predicted molar refractivity (Wildman–Crippen MR) is 151 cm³/mol. The third kappa shape index (κ3) is 7.75. The van der Waals surface area contributed by atoms with Crippen LogP contribution in [0.4, 0.5) is 13.2 Å². The number of benzene rings is 3. The Morgan fingerprint density at radius 3 is 2.41 bits per heavy atom. The van der Waals surface area contributed by atoms with Crippen LogP contribution in [0.1, 0.15) is 23.1 Å². The summed E-state index contributed by atoms with van der Waals surface area (Å²) >= 11 is 0. The van der Waals surface area contributed by atoms with Crippen molar-refractivity contribution >= 4 is 26.8 Å². The highest BCUT2D eigenvalue weighted by Gasteiger charge is 2.34. The first kappa shape index (κ1) is 30.3. The van der Waals surface area contributed by atoms with E-state index in [4.69, 9.17) is 4.74 Å². The molecule has 7 nitrogen and oxygen atoms in total. The number of sulfonamides is 1. The number of aromatic nitrogens is 1. The SMILES string of the molecule is COCCCN(CC(=O)N(CCc1c[nH]c2ccccc12)Cc1ccccc1)S(=O)(=O)c1cccc(C(F)(F)F)c1. The Hall–Kier alpha value is -3.67. The number of fused-ring (bicyclic) bond motifs is 1. The maximum absolute atomic E-state index is 13.7. The molecule has 218 valence electrons. The van der Waals surface area contributed by atoms with Gasteiger partial charge in [-0.15, -0.1) is 0 Å². The molecule has 0 fully saturated rings. The number of aromatic amines is 1. The molecule has 4 aromatic rings. The van der Waals surface area contributed by atoms with E-state index in [1.807, 2.05) is 60.8 Å². The van der Waals surface area contributed by atoms with Gasteiger partial charge in [-0.05, 0) is 48.2 Å². The fraction of sp³-hybridized carbons (Fsp3) is 0.300. The summed E-state index contributed by atoms with van der Waals surface area (Å²) in [6.07, 6.45) is -2.04. The van der Waals surface area contributed by atoms with Crippen molar-refractivity contribution in [1.82, 2.24) is 14.2 Å². The highest BCUT2D eigenvalue weighted by molar-refractivity contribution is 7.89. The maximum atomic E-state index is 13.7. The van der Waals surface area contributed by atoms with Gasteiger partial charge in [0.25, 0.3) is 0 Å². The fourth-order valence-electron chi connectivity index (χ4n) is 4.59. The summed E-state index contributed by atoms with van der Waals surface area (Å²) in [5, 5.41) is 1.04. The molecule has 0 saturated heterocycles. The molecule has 0 radical (unpaired) electrons. The molecular weight excluding hydrogens is 555 g/mol.